The van der Waals surface area contributed by atoms with Crippen molar-refractivity contribution in [1.82, 2.24) is 14.5 Å². The smallest absolute Gasteiger partial charge is 0.250 e. The first-order chi connectivity index (χ1) is 12.1. The van der Waals surface area contributed by atoms with E-state index in [0.29, 0.717) is 24.2 Å². The van der Waals surface area contributed by atoms with Crippen molar-refractivity contribution in [3.05, 3.63) is 57.0 Å². The van der Waals surface area contributed by atoms with Crippen LogP contribution in [-0.2, 0) is 11.3 Å². The van der Waals surface area contributed by atoms with Gasteiger partial charge in [0.2, 0.25) is 5.91 Å². The number of halogens is 1. The van der Waals surface area contributed by atoms with Crippen LogP contribution >= 0.6 is 15.9 Å². The maximum Gasteiger partial charge on any atom is 0.250 e. The van der Waals surface area contributed by atoms with Crippen LogP contribution in [-0.4, -0.2) is 40.0 Å². The van der Waals surface area contributed by atoms with Crippen LogP contribution in [0.25, 0.3) is 0 Å². The minimum absolute atomic E-state index is 0.0553. The number of rotatable bonds is 3. The van der Waals surface area contributed by atoms with Gasteiger partial charge in [-0.05, 0) is 46.5 Å². The maximum atomic E-state index is 12.3. The number of carbonyl (C=O) groups excluding carboxylic acids is 1. The van der Waals surface area contributed by atoms with Crippen molar-refractivity contribution >= 4 is 27.7 Å². The Bertz CT molecular complexity index is 849. The van der Waals surface area contributed by atoms with Crippen LogP contribution in [0.2, 0.25) is 0 Å². The lowest BCUT2D eigenvalue weighted by molar-refractivity contribution is -0.118. The highest BCUT2D eigenvalue weighted by Crippen LogP contribution is 2.34. The number of anilines is 1. The van der Waals surface area contributed by atoms with Gasteiger partial charge in [0, 0.05) is 48.0 Å². The van der Waals surface area contributed by atoms with Crippen LogP contribution in [0.15, 0.2) is 45.8 Å². The SMILES string of the molecule is O=C(CN1CC2CC(C1)c1cccc(=O)n1C2)Nc1ccc(Br)cn1. The number of aromatic nitrogens is 2. The van der Waals surface area contributed by atoms with Crippen LogP contribution in [0.1, 0.15) is 18.0 Å². The second-order valence-electron chi connectivity index (χ2n) is 6.80. The number of piperidine rings is 1. The molecule has 2 aromatic rings. The Balaban J connectivity index is 1.43. The molecular formula is C18H19BrN4O2. The predicted molar refractivity (Wildman–Crippen MR) is 98.6 cm³/mol. The zero-order valence-electron chi connectivity index (χ0n) is 13.7. The molecule has 2 unspecified atom stereocenters. The van der Waals surface area contributed by atoms with Crippen molar-refractivity contribution in [2.45, 2.75) is 18.9 Å². The molecule has 1 amide bonds. The minimum Gasteiger partial charge on any atom is -0.312 e. The first kappa shape index (κ1) is 16.5. The molecule has 2 aliphatic rings. The van der Waals surface area contributed by atoms with Gasteiger partial charge in [-0.3, -0.25) is 14.5 Å². The Morgan fingerprint density at radius 3 is 2.92 bits per heavy atom. The second kappa shape index (κ2) is 6.72. The van der Waals surface area contributed by atoms with Crippen molar-refractivity contribution in [2.24, 2.45) is 5.92 Å². The topological polar surface area (TPSA) is 67.2 Å². The molecule has 6 nitrogen and oxygen atoms in total. The lowest BCUT2D eigenvalue weighted by atomic mass is 9.83. The number of nitrogens with zero attached hydrogens (tertiary/aromatic N) is 3. The molecule has 25 heavy (non-hydrogen) atoms. The molecule has 0 radical (unpaired) electrons. The summed E-state index contributed by atoms with van der Waals surface area (Å²) in [6.07, 6.45) is 2.76. The molecule has 2 aromatic heterocycles. The van der Waals surface area contributed by atoms with Crippen molar-refractivity contribution < 1.29 is 4.79 Å². The Morgan fingerprint density at radius 1 is 1.24 bits per heavy atom. The summed E-state index contributed by atoms with van der Waals surface area (Å²) >= 11 is 3.33. The molecule has 0 spiro atoms. The van der Waals surface area contributed by atoms with E-state index >= 15 is 0 Å². The van der Waals surface area contributed by atoms with Crippen molar-refractivity contribution in [3.8, 4) is 0 Å². The number of carbonyl (C=O) groups is 1. The third kappa shape index (κ3) is 3.52. The van der Waals surface area contributed by atoms with E-state index in [1.807, 2.05) is 22.8 Å². The van der Waals surface area contributed by atoms with Gasteiger partial charge < -0.3 is 9.88 Å². The molecule has 2 aliphatic heterocycles. The average molecular weight is 403 g/mol. The standard InChI is InChI=1S/C18H19BrN4O2/c19-14-4-5-16(20-7-14)21-17(24)11-22-8-12-6-13(10-22)15-2-1-3-18(25)23(15)9-12/h1-5,7,12-13H,6,8-11H2,(H,20,21,24). The van der Waals surface area contributed by atoms with Crippen molar-refractivity contribution in [1.29, 1.82) is 0 Å². The number of pyridine rings is 2. The van der Waals surface area contributed by atoms with E-state index in [1.165, 1.54) is 0 Å². The summed E-state index contributed by atoms with van der Waals surface area (Å²) in [4.78, 5) is 30.7. The molecule has 0 saturated carbocycles. The van der Waals surface area contributed by atoms with E-state index in [2.05, 4.69) is 31.1 Å². The zero-order chi connectivity index (χ0) is 17.4. The summed E-state index contributed by atoms with van der Waals surface area (Å²) in [5, 5.41) is 2.84. The molecule has 4 heterocycles. The van der Waals surface area contributed by atoms with Crippen molar-refractivity contribution in [2.75, 3.05) is 25.0 Å². The number of hydrogen-bond donors (Lipinski definition) is 1. The van der Waals surface area contributed by atoms with Gasteiger partial charge in [-0.25, -0.2) is 4.98 Å². The molecule has 2 atom stereocenters. The van der Waals surface area contributed by atoms with E-state index in [9.17, 15) is 9.59 Å². The third-order valence-electron chi connectivity index (χ3n) is 4.92. The average Bonchev–Trinajstić information content (AvgIpc) is 2.58. The van der Waals surface area contributed by atoms with E-state index in [-0.39, 0.29) is 11.5 Å². The zero-order valence-corrected chi connectivity index (χ0v) is 15.3. The number of likely N-dealkylation sites (tertiary alicyclic amines) is 1. The van der Waals surface area contributed by atoms with E-state index in [4.69, 9.17) is 0 Å². The van der Waals surface area contributed by atoms with Gasteiger partial charge in [0.1, 0.15) is 5.82 Å². The molecule has 130 valence electrons. The first-order valence-electron chi connectivity index (χ1n) is 8.42. The van der Waals surface area contributed by atoms with Crippen LogP contribution in [0.4, 0.5) is 5.82 Å². The first-order valence-corrected chi connectivity index (χ1v) is 9.21. The molecule has 4 rings (SSSR count). The molecule has 0 aliphatic carbocycles. The van der Waals surface area contributed by atoms with Gasteiger partial charge >= 0.3 is 0 Å². The van der Waals surface area contributed by atoms with Crippen LogP contribution in [0.3, 0.4) is 0 Å². The summed E-state index contributed by atoms with van der Waals surface area (Å²) in [5.74, 6) is 1.24. The van der Waals surface area contributed by atoms with Gasteiger partial charge in [0.15, 0.2) is 0 Å². The molecule has 2 bridgehead atoms. The van der Waals surface area contributed by atoms with Gasteiger partial charge in [-0.15, -0.1) is 0 Å². The highest BCUT2D eigenvalue weighted by atomic mass is 79.9. The molecule has 1 N–H and O–H groups in total. The lowest BCUT2D eigenvalue weighted by Crippen LogP contribution is -2.49. The van der Waals surface area contributed by atoms with Crippen molar-refractivity contribution in [3.63, 3.8) is 0 Å². The van der Waals surface area contributed by atoms with Crippen LogP contribution in [0, 0.1) is 5.92 Å². The molecule has 1 saturated heterocycles. The fourth-order valence-corrected chi connectivity index (χ4v) is 4.19. The fraction of sp³-hybridized carbons (Fsp3) is 0.389. The summed E-state index contributed by atoms with van der Waals surface area (Å²) in [5.41, 5.74) is 1.18. The van der Waals surface area contributed by atoms with Gasteiger partial charge in [0.25, 0.3) is 5.56 Å². The Kier molecular flexibility index (Phi) is 4.43. The minimum atomic E-state index is -0.0553. The molecule has 0 aromatic carbocycles. The number of amides is 1. The Morgan fingerprint density at radius 2 is 2.12 bits per heavy atom. The Hall–Kier alpha value is -1.99. The fourth-order valence-electron chi connectivity index (χ4n) is 3.96. The highest BCUT2D eigenvalue weighted by molar-refractivity contribution is 9.10. The third-order valence-corrected chi connectivity index (χ3v) is 5.39. The van der Waals surface area contributed by atoms with Gasteiger partial charge in [0.05, 0.1) is 6.54 Å². The molecule has 7 heteroatoms. The number of nitrogens with one attached hydrogen (secondary N) is 1. The van der Waals surface area contributed by atoms with E-state index in [1.54, 1.807) is 18.3 Å². The lowest BCUT2D eigenvalue weighted by Gasteiger charge is -2.42. The highest BCUT2D eigenvalue weighted by Gasteiger charge is 2.34. The van der Waals surface area contributed by atoms with Crippen LogP contribution < -0.4 is 10.9 Å². The summed E-state index contributed by atoms with van der Waals surface area (Å²) in [6.45, 7) is 2.75. The molecule has 1 fully saturated rings. The maximum absolute atomic E-state index is 12.3. The predicted octanol–water partition coefficient (Wildman–Crippen LogP) is 2.06. The number of hydrogen-bond acceptors (Lipinski definition) is 4. The quantitative estimate of drug-likeness (QED) is 0.852. The van der Waals surface area contributed by atoms with Crippen LogP contribution in [0.5, 0.6) is 0 Å². The summed E-state index contributed by atoms with van der Waals surface area (Å²) in [6, 6.07) is 9.12. The second-order valence-corrected chi connectivity index (χ2v) is 7.72. The molecular weight excluding hydrogens is 384 g/mol. The van der Waals surface area contributed by atoms with Gasteiger partial charge in [-0.2, -0.15) is 0 Å². The monoisotopic (exact) mass is 402 g/mol. The normalized spacial score (nSPS) is 22.3. The Labute approximate surface area is 154 Å². The summed E-state index contributed by atoms with van der Waals surface area (Å²) in [7, 11) is 0. The largest absolute Gasteiger partial charge is 0.312 e. The van der Waals surface area contributed by atoms with E-state index in [0.717, 1.165) is 36.2 Å². The summed E-state index contributed by atoms with van der Waals surface area (Å²) < 4.78 is 2.78. The number of fused-ring (bicyclic) bond motifs is 4. The van der Waals surface area contributed by atoms with E-state index < -0.39 is 0 Å². The van der Waals surface area contributed by atoms with Gasteiger partial charge in [-0.1, -0.05) is 6.07 Å².